The van der Waals surface area contributed by atoms with Crippen LogP contribution < -0.4 is 10.5 Å². The Bertz CT molecular complexity index is 776. The molecule has 2 unspecified atom stereocenters. The molecular weight excluding hydrogens is 402 g/mol. The Kier molecular flexibility index (Phi) is 8.37. The SMILES string of the molecule is CCCCCc1ccc2c(c1)OC(C)(C)C1CC=C(C(=O)O)CC21OCCCN.Cl. The third-order valence-electron chi connectivity index (χ3n) is 6.38. The summed E-state index contributed by atoms with van der Waals surface area (Å²) in [6.07, 6.45) is 8.14. The zero-order valence-electron chi connectivity index (χ0n) is 18.4. The third-order valence-corrected chi connectivity index (χ3v) is 6.38. The van der Waals surface area contributed by atoms with E-state index in [0.29, 0.717) is 31.6 Å². The van der Waals surface area contributed by atoms with Gasteiger partial charge in [-0.1, -0.05) is 38.0 Å². The molecule has 0 saturated carbocycles. The molecule has 6 heteroatoms. The number of unbranched alkanes of at least 4 members (excludes halogenated alkanes) is 2. The van der Waals surface area contributed by atoms with Gasteiger partial charge in [-0.25, -0.2) is 4.79 Å². The molecule has 3 rings (SSSR count). The Morgan fingerprint density at radius 3 is 2.73 bits per heavy atom. The summed E-state index contributed by atoms with van der Waals surface area (Å²) < 4.78 is 13.0. The fourth-order valence-corrected chi connectivity index (χ4v) is 4.88. The maximum Gasteiger partial charge on any atom is 0.331 e. The lowest BCUT2D eigenvalue weighted by Gasteiger charge is -2.54. The molecule has 0 amide bonds. The van der Waals surface area contributed by atoms with Gasteiger partial charge >= 0.3 is 5.97 Å². The van der Waals surface area contributed by atoms with Gasteiger partial charge in [-0.3, -0.25) is 0 Å². The number of hydrogen-bond acceptors (Lipinski definition) is 4. The minimum atomic E-state index is -0.868. The highest BCUT2D eigenvalue weighted by Gasteiger charge is 2.56. The highest BCUT2D eigenvalue weighted by atomic mass is 35.5. The zero-order valence-corrected chi connectivity index (χ0v) is 19.2. The summed E-state index contributed by atoms with van der Waals surface area (Å²) in [5.41, 5.74) is 7.20. The van der Waals surface area contributed by atoms with Crippen molar-refractivity contribution in [3.05, 3.63) is 41.0 Å². The molecule has 1 heterocycles. The normalized spacial score (nSPS) is 24.0. The molecule has 0 bridgehead atoms. The molecule has 1 aliphatic heterocycles. The summed E-state index contributed by atoms with van der Waals surface area (Å²) >= 11 is 0. The lowest BCUT2D eigenvalue weighted by atomic mass is 9.63. The van der Waals surface area contributed by atoms with E-state index in [9.17, 15) is 9.90 Å². The molecular formula is C24H36ClNO4. The number of hydrogen-bond donors (Lipinski definition) is 2. The van der Waals surface area contributed by atoms with Crippen LogP contribution in [0.15, 0.2) is 29.8 Å². The van der Waals surface area contributed by atoms with Crippen molar-refractivity contribution in [2.24, 2.45) is 11.7 Å². The van der Waals surface area contributed by atoms with Crippen molar-refractivity contribution in [1.29, 1.82) is 0 Å². The van der Waals surface area contributed by atoms with Crippen molar-refractivity contribution in [3.8, 4) is 5.75 Å². The molecule has 30 heavy (non-hydrogen) atoms. The van der Waals surface area contributed by atoms with E-state index in [1.54, 1.807) is 0 Å². The third kappa shape index (κ3) is 4.84. The molecule has 0 aromatic heterocycles. The van der Waals surface area contributed by atoms with Crippen molar-refractivity contribution >= 4 is 18.4 Å². The summed E-state index contributed by atoms with van der Waals surface area (Å²) in [6, 6.07) is 6.39. The van der Waals surface area contributed by atoms with E-state index in [2.05, 4.69) is 39.0 Å². The number of halogens is 1. The van der Waals surface area contributed by atoms with Crippen LogP contribution in [0.4, 0.5) is 0 Å². The van der Waals surface area contributed by atoms with Gasteiger partial charge in [0.05, 0.1) is 0 Å². The van der Waals surface area contributed by atoms with Gasteiger partial charge < -0.3 is 20.3 Å². The first-order chi connectivity index (χ1) is 13.8. The highest BCUT2D eigenvalue weighted by molar-refractivity contribution is 5.87. The van der Waals surface area contributed by atoms with Gasteiger partial charge in [0.25, 0.3) is 0 Å². The van der Waals surface area contributed by atoms with E-state index in [1.807, 2.05) is 6.08 Å². The molecule has 0 spiro atoms. The quantitative estimate of drug-likeness (QED) is 0.531. The van der Waals surface area contributed by atoms with E-state index in [4.69, 9.17) is 15.2 Å². The number of fused-ring (bicyclic) bond motifs is 3. The molecule has 1 aromatic carbocycles. The summed E-state index contributed by atoms with van der Waals surface area (Å²) in [6.45, 7) is 7.44. The Morgan fingerprint density at radius 2 is 2.07 bits per heavy atom. The summed E-state index contributed by atoms with van der Waals surface area (Å²) in [7, 11) is 0. The van der Waals surface area contributed by atoms with Crippen molar-refractivity contribution in [3.63, 3.8) is 0 Å². The fraction of sp³-hybridized carbons (Fsp3) is 0.625. The zero-order chi connectivity index (χ0) is 21.1. The molecule has 0 saturated heterocycles. The van der Waals surface area contributed by atoms with Crippen LogP contribution in [0.3, 0.4) is 0 Å². The van der Waals surface area contributed by atoms with Crippen LogP contribution >= 0.6 is 12.4 Å². The van der Waals surface area contributed by atoms with Gasteiger partial charge in [-0.05, 0) is 57.7 Å². The van der Waals surface area contributed by atoms with Crippen molar-refractivity contribution in [1.82, 2.24) is 0 Å². The molecule has 2 aliphatic rings. The molecule has 0 radical (unpaired) electrons. The Morgan fingerprint density at radius 1 is 1.30 bits per heavy atom. The minimum absolute atomic E-state index is 0. The van der Waals surface area contributed by atoms with Crippen LogP contribution in [0.2, 0.25) is 0 Å². The number of aliphatic carboxylic acids is 1. The molecule has 0 fully saturated rings. The topological polar surface area (TPSA) is 81.8 Å². The van der Waals surface area contributed by atoms with Crippen LogP contribution in [-0.4, -0.2) is 29.8 Å². The number of nitrogens with two attached hydrogens (primary N) is 1. The molecule has 1 aromatic rings. The van der Waals surface area contributed by atoms with Crippen molar-refractivity contribution in [2.75, 3.05) is 13.2 Å². The second kappa shape index (κ2) is 10.2. The van der Waals surface area contributed by atoms with Gasteiger partial charge in [-0.2, -0.15) is 0 Å². The number of carbonyl (C=O) groups is 1. The Balaban J connectivity index is 0.00000320. The van der Waals surface area contributed by atoms with Gasteiger partial charge in [0, 0.05) is 30.1 Å². The predicted octanol–water partition coefficient (Wildman–Crippen LogP) is 4.99. The van der Waals surface area contributed by atoms with E-state index in [-0.39, 0.29) is 18.3 Å². The van der Waals surface area contributed by atoms with E-state index in [1.165, 1.54) is 18.4 Å². The molecule has 3 N–H and O–H groups in total. The van der Waals surface area contributed by atoms with E-state index in [0.717, 1.165) is 30.6 Å². The monoisotopic (exact) mass is 437 g/mol. The van der Waals surface area contributed by atoms with Gasteiger partial charge in [-0.15, -0.1) is 12.4 Å². The number of rotatable bonds is 9. The number of benzene rings is 1. The Hall–Kier alpha value is -1.56. The number of allylic oxidation sites excluding steroid dienone is 1. The van der Waals surface area contributed by atoms with Crippen LogP contribution in [0.5, 0.6) is 5.75 Å². The van der Waals surface area contributed by atoms with Crippen LogP contribution in [0.1, 0.15) is 70.4 Å². The summed E-state index contributed by atoms with van der Waals surface area (Å²) in [4.78, 5) is 11.8. The predicted molar refractivity (Wildman–Crippen MR) is 121 cm³/mol. The first kappa shape index (κ1) is 24.7. The number of aryl methyl sites for hydroxylation is 1. The molecule has 1 aliphatic carbocycles. The second-order valence-electron chi connectivity index (χ2n) is 8.87. The molecule has 5 nitrogen and oxygen atoms in total. The van der Waals surface area contributed by atoms with Crippen LogP contribution in [0, 0.1) is 5.92 Å². The average molecular weight is 438 g/mol. The lowest BCUT2D eigenvalue weighted by Crippen LogP contribution is -2.56. The Labute approximate surface area is 186 Å². The highest BCUT2D eigenvalue weighted by Crippen LogP contribution is 2.56. The summed E-state index contributed by atoms with van der Waals surface area (Å²) in [5, 5.41) is 9.68. The number of carboxylic acid groups (broad SMARTS) is 1. The van der Waals surface area contributed by atoms with Gasteiger partial charge in [0.1, 0.15) is 17.0 Å². The second-order valence-corrected chi connectivity index (χ2v) is 8.87. The lowest BCUT2D eigenvalue weighted by molar-refractivity contribution is -0.168. The van der Waals surface area contributed by atoms with Crippen molar-refractivity contribution < 1.29 is 19.4 Å². The average Bonchev–Trinajstić information content (AvgIpc) is 2.67. The minimum Gasteiger partial charge on any atom is -0.487 e. The van der Waals surface area contributed by atoms with Crippen LogP contribution in [-0.2, 0) is 21.6 Å². The molecule has 2 atom stereocenters. The first-order valence-corrected chi connectivity index (χ1v) is 10.9. The maximum absolute atomic E-state index is 11.8. The largest absolute Gasteiger partial charge is 0.487 e. The van der Waals surface area contributed by atoms with E-state index >= 15 is 0 Å². The maximum atomic E-state index is 11.8. The van der Waals surface area contributed by atoms with E-state index < -0.39 is 17.2 Å². The molecule has 168 valence electrons. The summed E-state index contributed by atoms with van der Waals surface area (Å²) in [5.74, 6) is 0.00114. The van der Waals surface area contributed by atoms with Crippen LogP contribution in [0.25, 0.3) is 0 Å². The number of carboxylic acids is 1. The van der Waals surface area contributed by atoms with Crippen molar-refractivity contribution in [2.45, 2.75) is 76.9 Å². The smallest absolute Gasteiger partial charge is 0.331 e. The standard InChI is InChI=1S/C24H35NO4.ClH/c1-4-5-6-8-17-9-11-19-20(15-17)29-23(2,3)21-12-10-18(22(26)27)16-24(19,21)28-14-7-13-25;/h9-11,15,21H,4-8,12-14,16,25H2,1-3H3,(H,26,27);1H. The van der Waals surface area contributed by atoms with Gasteiger partial charge in [0.2, 0.25) is 0 Å². The first-order valence-electron chi connectivity index (χ1n) is 10.9. The number of ether oxygens (including phenoxy) is 2. The van der Waals surface area contributed by atoms with Gasteiger partial charge in [0.15, 0.2) is 0 Å². The fourth-order valence-electron chi connectivity index (χ4n) is 4.88.